The molecule has 1 aliphatic heterocycles. The molecular formula is C20H22ClN3O4. The van der Waals surface area contributed by atoms with Crippen molar-refractivity contribution >= 4 is 29.4 Å². The van der Waals surface area contributed by atoms with Gasteiger partial charge in [0.1, 0.15) is 5.54 Å². The van der Waals surface area contributed by atoms with Gasteiger partial charge in [0.2, 0.25) is 5.91 Å². The molecule has 2 fully saturated rings. The van der Waals surface area contributed by atoms with Gasteiger partial charge in [0.05, 0.1) is 12.0 Å². The summed E-state index contributed by atoms with van der Waals surface area (Å²) in [6.45, 7) is 0.109. The third kappa shape index (κ3) is 4.63. The van der Waals surface area contributed by atoms with E-state index in [2.05, 4.69) is 11.4 Å². The minimum atomic E-state index is -0.849. The molecular weight excluding hydrogens is 382 g/mol. The van der Waals surface area contributed by atoms with E-state index in [4.69, 9.17) is 16.3 Å². The number of likely N-dealkylation sites (tertiary alicyclic amines) is 1. The number of nitrogens with zero attached hydrogens (tertiary/aromatic N) is 2. The molecule has 0 radical (unpaired) electrons. The van der Waals surface area contributed by atoms with Gasteiger partial charge < -0.3 is 15.0 Å². The molecule has 1 aromatic rings. The third-order valence-corrected chi connectivity index (χ3v) is 5.63. The van der Waals surface area contributed by atoms with E-state index in [1.807, 2.05) is 18.2 Å². The second-order valence-corrected chi connectivity index (χ2v) is 7.73. The average Bonchev–Trinajstić information content (AvgIpc) is 3.29. The van der Waals surface area contributed by atoms with Crippen molar-refractivity contribution in [2.75, 3.05) is 13.2 Å². The van der Waals surface area contributed by atoms with Crippen molar-refractivity contribution in [3.05, 3.63) is 34.9 Å². The van der Waals surface area contributed by atoms with E-state index in [-0.39, 0.29) is 18.9 Å². The van der Waals surface area contributed by atoms with Gasteiger partial charge in [-0.1, -0.05) is 29.8 Å². The molecule has 2 amide bonds. The molecule has 3 rings (SSSR count). The molecule has 0 unspecified atom stereocenters. The smallest absolute Gasteiger partial charge is 0.311 e. The second kappa shape index (κ2) is 8.61. The highest BCUT2D eigenvalue weighted by Crippen LogP contribution is 2.29. The van der Waals surface area contributed by atoms with E-state index in [0.29, 0.717) is 24.4 Å². The van der Waals surface area contributed by atoms with Crippen molar-refractivity contribution in [3.8, 4) is 6.07 Å². The molecule has 0 spiro atoms. The predicted octanol–water partition coefficient (Wildman–Crippen LogP) is 2.18. The summed E-state index contributed by atoms with van der Waals surface area (Å²) in [5, 5.41) is 12.5. The van der Waals surface area contributed by atoms with Crippen LogP contribution in [0.25, 0.3) is 0 Å². The highest BCUT2D eigenvalue weighted by molar-refractivity contribution is 6.31. The van der Waals surface area contributed by atoms with Crippen LogP contribution < -0.4 is 5.32 Å². The van der Waals surface area contributed by atoms with E-state index in [9.17, 15) is 19.6 Å². The number of hydrogen-bond donors (Lipinski definition) is 1. The molecule has 148 valence electrons. The SMILES string of the molecule is N#CC1(NC(=O)COC(=O)[C@@H]2CC(=O)N(Cc3ccccc3Cl)C2)CCCC1. The van der Waals surface area contributed by atoms with Crippen LogP contribution in [0.4, 0.5) is 0 Å². The van der Waals surface area contributed by atoms with Crippen LogP contribution in [0.2, 0.25) is 5.02 Å². The molecule has 8 heteroatoms. The van der Waals surface area contributed by atoms with Gasteiger partial charge in [0.25, 0.3) is 5.91 Å². The number of carbonyl (C=O) groups excluding carboxylic acids is 3. The lowest BCUT2D eigenvalue weighted by Gasteiger charge is -2.22. The van der Waals surface area contributed by atoms with Crippen molar-refractivity contribution in [1.29, 1.82) is 5.26 Å². The Kier molecular flexibility index (Phi) is 6.20. The predicted molar refractivity (Wildman–Crippen MR) is 101 cm³/mol. The van der Waals surface area contributed by atoms with Gasteiger partial charge in [-0.25, -0.2) is 0 Å². The van der Waals surface area contributed by atoms with Gasteiger partial charge in [-0.2, -0.15) is 5.26 Å². The number of rotatable bonds is 6. The molecule has 2 aliphatic rings. The molecule has 0 aromatic heterocycles. The Balaban J connectivity index is 1.49. The van der Waals surface area contributed by atoms with E-state index in [1.54, 1.807) is 11.0 Å². The van der Waals surface area contributed by atoms with Crippen molar-refractivity contribution in [1.82, 2.24) is 10.2 Å². The Morgan fingerprint density at radius 1 is 1.32 bits per heavy atom. The first kappa shape index (κ1) is 20.2. The van der Waals surface area contributed by atoms with Gasteiger partial charge >= 0.3 is 5.97 Å². The van der Waals surface area contributed by atoms with Gasteiger partial charge in [-0.15, -0.1) is 0 Å². The van der Waals surface area contributed by atoms with E-state index >= 15 is 0 Å². The summed E-state index contributed by atoms with van der Waals surface area (Å²) in [4.78, 5) is 38.1. The number of amides is 2. The van der Waals surface area contributed by atoms with Crippen molar-refractivity contribution in [2.45, 2.75) is 44.2 Å². The van der Waals surface area contributed by atoms with E-state index in [1.165, 1.54) is 0 Å². The summed E-state index contributed by atoms with van der Waals surface area (Å²) in [5.74, 6) is -1.84. The van der Waals surface area contributed by atoms with Crippen LogP contribution in [-0.2, 0) is 25.7 Å². The molecule has 1 heterocycles. The maximum absolute atomic E-state index is 12.3. The van der Waals surface area contributed by atoms with Crippen molar-refractivity contribution < 1.29 is 19.1 Å². The number of benzene rings is 1. The minimum absolute atomic E-state index is 0.0486. The van der Waals surface area contributed by atoms with Crippen molar-refractivity contribution in [3.63, 3.8) is 0 Å². The first-order valence-corrected chi connectivity index (χ1v) is 9.70. The summed E-state index contributed by atoms with van der Waals surface area (Å²) in [7, 11) is 0. The molecule has 7 nitrogen and oxygen atoms in total. The number of esters is 1. The number of halogens is 1. The van der Waals surface area contributed by atoms with Crippen LogP contribution >= 0.6 is 11.6 Å². The quantitative estimate of drug-likeness (QED) is 0.734. The summed E-state index contributed by atoms with van der Waals surface area (Å²) in [6.07, 6.45) is 3.04. The lowest BCUT2D eigenvalue weighted by atomic mass is 10.00. The zero-order valence-electron chi connectivity index (χ0n) is 15.4. The maximum Gasteiger partial charge on any atom is 0.311 e. The summed E-state index contributed by atoms with van der Waals surface area (Å²) in [6, 6.07) is 9.39. The summed E-state index contributed by atoms with van der Waals surface area (Å²) >= 11 is 6.13. The second-order valence-electron chi connectivity index (χ2n) is 7.32. The van der Waals surface area contributed by atoms with Crippen LogP contribution in [0.15, 0.2) is 24.3 Å². The topological polar surface area (TPSA) is 99.5 Å². The molecule has 1 saturated carbocycles. The monoisotopic (exact) mass is 403 g/mol. The van der Waals surface area contributed by atoms with E-state index < -0.39 is 29.9 Å². The maximum atomic E-state index is 12.3. The first-order valence-electron chi connectivity index (χ1n) is 9.32. The molecule has 1 saturated heterocycles. The fourth-order valence-corrected chi connectivity index (χ4v) is 3.91. The minimum Gasteiger partial charge on any atom is -0.455 e. The Labute approximate surface area is 168 Å². The van der Waals surface area contributed by atoms with Gasteiger partial charge in [-0.05, 0) is 37.3 Å². The molecule has 28 heavy (non-hydrogen) atoms. The highest BCUT2D eigenvalue weighted by atomic mass is 35.5. The number of ether oxygens (including phenoxy) is 1. The Hall–Kier alpha value is -2.59. The summed E-state index contributed by atoms with van der Waals surface area (Å²) in [5.41, 5.74) is -0.0391. The fraction of sp³-hybridized carbons (Fsp3) is 0.500. The van der Waals surface area contributed by atoms with Gasteiger partial charge in [0, 0.05) is 24.5 Å². The van der Waals surface area contributed by atoms with Crippen LogP contribution in [0, 0.1) is 17.2 Å². The molecule has 1 aromatic carbocycles. The largest absolute Gasteiger partial charge is 0.455 e. The number of nitriles is 1. The van der Waals surface area contributed by atoms with E-state index in [0.717, 1.165) is 18.4 Å². The lowest BCUT2D eigenvalue weighted by molar-refractivity contribution is -0.152. The normalized spacial score (nSPS) is 20.6. The zero-order chi connectivity index (χ0) is 20.1. The first-order chi connectivity index (χ1) is 13.4. The Morgan fingerprint density at radius 2 is 2.04 bits per heavy atom. The number of nitrogens with one attached hydrogen (secondary N) is 1. The number of carbonyl (C=O) groups is 3. The molecule has 1 N–H and O–H groups in total. The fourth-order valence-electron chi connectivity index (χ4n) is 3.72. The van der Waals surface area contributed by atoms with Crippen LogP contribution in [-0.4, -0.2) is 41.4 Å². The zero-order valence-corrected chi connectivity index (χ0v) is 16.2. The average molecular weight is 404 g/mol. The molecule has 1 aliphatic carbocycles. The van der Waals surface area contributed by atoms with Gasteiger partial charge in [-0.3, -0.25) is 14.4 Å². The molecule has 0 bridgehead atoms. The van der Waals surface area contributed by atoms with Crippen LogP contribution in [0.3, 0.4) is 0 Å². The third-order valence-electron chi connectivity index (χ3n) is 5.26. The standard InChI is InChI=1S/C20H22ClN3O4/c21-16-6-2-1-5-14(16)10-24-11-15(9-18(24)26)19(27)28-12-17(25)23-20(13-22)7-3-4-8-20/h1-2,5-6,15H,3-4,7-12H2,(H,23,25)/t15-/m1/s1. The van der Waals surface area contributed by atoms with Gasteiger partial charge in [0.15, 0.2) is 6.61 Å². The van der Waals surface area contributed by atoms with Crippen molar-refractivity contribution in [2.24, 2.45) is 5.92 Å². The molecule has 1 atom stereocenters. The Bertz CT molecular complexity index is 814. The summed E-state index contributed by atoms with van der Waals surface area (Å²) < 4.78 is 5.09. The number of hydrogen-bond acceptors (Lipinski definition) is 5. The van der Waals surface area contributed by atoms with Crippen LogP contribution in [0.1, 0.15) is 37.7 Å². The highest BCUT2D eigenvalue weighted by Gasteiger charge is 2.37. The Morgan fingerprint density at radius 3 is 2.71 bits per heavy atom. The lowest BCUT2D eigenvalue weighted by Crippen LogP contribution is -2.47. The van der Waals surface area contributed by atoms with Crippen LogP contribution in [0.5, 0.6) is 0 Å².